The van der Waals surface area contributed by atoms with E-state index in [1.165, 1.54) is 17.7 Å². The van der Waals surface area contributed by atoms with E-state index in [2.05, 4.69) is 16.3 Å². The van der Waals surface area contributed by atoms with Crippen LogP contribution in [0.2, 0.25) is 0 Å². The number of piperidine rings is 1. The van der Waals surface area contributed by atoms with E-state index >= 15 is 0 Å². The summed E-state index contributed by atoms with van der Waals surface area (Å²) in [5.74, 6) is -0.224. The maximum absolute atomic E-state index is 13.0. The third-order valence-corrected chi connectivity index (χ3v) is 5.59. The van der Waals surface area contributed by atoms with Crippen LogP contribution in [0.5, 0.6) is 0 Å². The second-order valence-electron chi connectivity index (χ2n) is 7.47. The van der Waals surface area contributed by atoms with Gasteiger partial charge in [-0.15, -0.1) is 0 Å². The van der Waals surface area contributed by atoms with Gasteiger partial charge in [-0.3, -0.25) is 14.5 Å². The molecule has 0 aromatic heterocycles. The number of benzene rings is 2. The minimum Gasteiger partial charge on any atom is -0.325 e. The SMILES string of the molecule is O=C(CN1CCC(C(=O)N2CCc3ccccc32)CC1)Nc1ccc(F)cc1. The minimum atomic E-state index is -0.328. The number of para-hydroxylation sites is 1. The number of amides is 2. The van der Waals surface area contributed by atoms with Gasteiger partial charge in [0.1, 0.15) is 5.82 Å². The molecule has 0 spiro atoms. The first-order chi connectivity index (χ1) is 13.6. The van der Waals surface area contributed by atoms with Crippen molar-refractivity contribution in [2.24, 2.45) is 5.92 Å². The van der Waals surface area contributed by atoms with Crippen molar-refractivity contribution in [3.8, 4) is 0 Å². The third kappa shape index (κ3) is 4.07. The Bertz CT molecular complexity index is 860. The highest BCUT2D eigenvalue weighted by molar-refractivity contribution is 5.97. The first-order valence-electron chi connectivity index (χ1n) is 9.77. The highest BCUT2D eigenvalue weighted by Crippen LogP contribution is 2.30. The molecule has 2 amide bonds. The van der Waals surface area contributed by atoms with Crippen molar-refractivity contribution in [2.45, 2.75) is 19.3 Å². The van der Waals surface area contributed by atoms with Crippen LogP contribution in [-0.4, -0.2) is 42.9 Å². The van der Waals surface area contributed by atoms with Crippen LogP contribution < -0.4 is 10.2 Å². The molecule has 0 atom stereocenters. The van der Waals surface area contributed by atoms with Crippen LogP contribution in [0.15, 0.2) is 48.5 Å². The quantitative estimate of drug-likeness (QED) is 0.886. The monoisotopic (exact) mass is 381 g/mol. The molecule has 0 unspecified atom stereocenters. The molecule has 1 saturated heterocycles. The Morgan fingerprint density at radius 3 is 2.46 bits per heavy atom. The standard InChI is InChI=1S/C22H24FN3O2/c23-18-5-7-19(8-6-18)24-21(27)15-25-12-9-17(10-13-25)22(28)26-14-11-16-3-1-2-4-20(16)26/h1-8,17H,9-15H2,(H,24,27). The third-order valence-electron chi connectivity index (χ3n) is 5.59. The minimum absolute atomic E-state index is 0.0163. The van der Waals surface area contributed by atoms with Crippen molar-refractivity contribution in [1.82, 2.24) is 4.90 Å². The van der Waals surface area contributed by atoms with Crippen molar-refractivity contribution < 1.29 is 14.0 Å². The fourth-order valence-electron chi connectivity index (χ4n) is 4.06. The molecule has 2 aromatic rings. The van der Waals surface area contributed by atoms with Gasteiger partial charge < -0.3 is 10.2 Å². The molecule has 2 aliphatic heterocycles. The van der Waals surface area contributed by atoms with E-state index in [4.69, 9.17) is 0 Å². The van der Waals surface area contributed by atoms with Gasteiger partial charge in [-0.1, -0.05) is 18.2 Å². The number of halogens is 1. The van der Waals surface area contributed by atoms with Crippen LogP contribution in [-0.2, 0) is 16.0 Å². The van der Waals surface area contributed by atoms with Gasteiger partial charge in [0.25, 0.3) is 0 Å². The summed E-state index contributed by atoms with van der Waals surface area (Å²) in [5.41, 5.74) is 2.88. The van der Waals surface area contributed by atoms with Gasteiger partial charge in [0, 0.05) is 23.8 Å². The van der Waals surface area contributed by atoms with E-state index in [0.717, 1.165) is 44.6 Å². The predicted octanol–water partition coefficient (Wildman–Crippen LogP) is 3.07. The first-order valence-corrected chi connectivity index (χ1v) is 9.77. The molecule has 0 radical (unpaired) electrons. The van der Waals surface area contributed by atoms with E-state index in [1.54, 1.807) is 12.1 Å². The van der Waals surface area contributed by atoms with Crippen molar-refractivity contribution in [1.29, 1.82) is 0 Å². The molecule has 146 valence electrons. The zero-order valence-corrected chi connectivity index (χ0v) is 15.7. The number of hydrogen-bond acceptors (Lipinski definition) is 3. The fraction of sp³-hybridized carbons (Fsp3) is 0.364. The molecule has 0 bridgehead atoms. The number of rotatable bonds is 4. The largest absolute Gasteiger partial charge is 0.325 e. The van der Waals surface area contributed by atoms with Gasteiger partial charge in [0.05, 0.1) is 6.54 Å². The number of anilines is 2. The smallest absolute Gasteiger partial charge is 0.238 e. The van der Waals surface area contributed by atoms with Gasteiger partial charge in [0.2, 0.25) is 11.8 Å². The van der Waals surface area contributed by atoms with Crippen molar-refractivity contribution in [3.63, 3.8) is 0 Å². The number of carbonyl (C=O) groups is 2. The summed E-state index contributed by atoms with van der Waals surface area (Å²) in [6, 6.07) is 13.8. The number of carbonyl (C=O) groups excluding carboxylic acids is 2. The number of nitrogens with one attached hydrogen (secondary N) is 1. The molecule has 5 nitrogen and oxygen atoms in total. The Kier molecular flexibility index (Phi) is 5.39. The number of hydrogen-bond donors (Lipinski definition) is 1. The summed E-state index contributed by atoms with van der Waals surface area (Å²) < 4.78 is 12.9. The number of nitrogens with zero attached hydrogens (tertiary/aromatic N) is 2. The number of fused-ring (bicyclic) bond motifs is 1. The second-order valence-corrected chi connectivity index (χ2v) is 7.47. The van der Waals surface area contributed by atoms with Crippen molar-refractivity contribution >= 4 is 23.2 Å². The summed E-state index contributed by atoms with van der Waals surface area (Å²) in [6.07, 6.45) is 2.45. The summed E-state index contributed by atoms with van der Waals surface area (Å²) in [6.45, 7) is 2.49. The summed E-state index contributed by atoms with van der Waals surface area (Å²) in [7, 11) is 0. The van der Waals surface area contributed by atoms with Crippen LogP contribution in [0, 0.1) is 11.7 Å². The van der Waals surface area contributed by atoms with E-state index in [1.807, 2.05) is 23.1 Å². The normalized spacial score (nSPS) is 17.4. The lowest BCUT2D eigenvalue weighted by molar-refractivity contribution is -0.124. The van der Waals surface area contributed by atoms with Crippen molar-refractivity contribution in [2.75, 3.05) is 36.4 Å². The molecule has 2 heterocycles. The lowest BCUT2D eigenvalue weighted by Crippen LogP contribution is -2.44. The maximum atomic E-state index is 13.0. The Hall–Kier alpha value is -2.73. The van der Waals surface area contributed by atoms with Gasteiger partial charge in [0.15, 0.2) is 0 Å². The van der Waals surface area contributed by atoms with Crippen LogP contribution in [0.25, 0.3) is 0 Å². The summed E-state index contributed by atoms with van der Waals surface area (Å²) in [5, 5.41) is 2.78. The molecule has 2 aromatic carbocycles. The van der Waals surface area contributed by atoms with Crippen LogP contribution >= 0.6 is 0 Å². The maximum Gasteiger partial charge on any atom is 0.238 e. The zero-order valence-electron chi connectivity index (χ0n) is 15.7. The lowest BCUT2D eigenvalue weighted by atomic mass is 9.95. The van der Waals surface area contributed by atoms with Gasteiger partial charge in [-0.05, 0) is 68.2 Å². The average Bonchev–Trinajstić information content (AvgIpc) is 3.14. The molecule has 0 saturated carbocycles. The Balaban J connectivity index is 1.27. The van der Waals surface area contributed by atoms with E-state index in [9.17, 15) is 14.0 Å². The number of likely N-dealkylation sites (tertiary alicyclic amines) is 1. The highest BCUT2D eigenvalue weighted by Gasteiger charge is 2.32. The molecular formula is C22H24FN3O2. The average molecular weight is 381 g/mol. The lowest BCUT2D eigenvalue weighted by Gasteiger charge is -2.32. The topological polar surface area (TPSA) is 52.7 Å². The fourth-order valence-corrected chi connectivity index (χ4v) is 4.06. The van der Waals surface area contributed by atoms with Crippen LogP contribution in [0.4, 0.5) is 15.8 Å². The van der Waals surface area contributed by atoms with E-state index < -0.39 is 0 Å². The summed E-state index contributed by atoms with van der Waals surface area (Å²) >= 11 is 0. The molecule has 1 fully saturated rings. The Morgan fingerprint density at radius 1 is 1.00 bits per heavy atom. The Morgan fingerprint density at radius 2 is 1.71 bits per heavy atom. The first kappa shape index (κ1) is 18.6. The second kappa shape index (κ2) is 8.10. The molecule has 1 N–H and O–H groups in total. The molecular weight excluding hydrogens is 357 g/mol. The predicted molar refractivity (Wildman–Crippen MR) is 107 cm³/mol. The van der Waals surface area contributed by atoms with E-state index in [-0.39, 0.29) is 30.1 Å². The Labute approximate surface area is 164 Å². The molecule has 0 aliphatic carbocycles. The van der Waals surface area contributed by atoms with Gasteiger partial charge in [-0.25, -0.2) is 4.39 Å². The van der Waals surface area contributed by atoms with Crippen molar-refractivity contribution in [3.05, 3.63) is 59.9 Å². The highest BCUT2D eigenvalue weighted by atomic mass is 19.1. The van der Waals surface area contributed by atoms with Crippen LogP contribution in [0.1, 0.15) is 18.4 Å². The molecule has 28 heavy (non-hydrogen) atoms. The zero-order chi connectivity index (χ0) is 19.5. The molecule has 2 aliphatic rings. The van der Waals surface area contributed by atoms with Crippen LogP contribution in [0.3, 0.4) is 0 Å². The van der Waals surface area contributed by atoms with Gasteiger partial charge in [-0.2, -0.15) is 0 Å². The summed E-state index contributed by atoms with van der Waals surface area (Å²) in [4.78, 5) is 29.2. The molecule has 6 heteroatoms. The van der Waals surface area contributed by atoms with Gasteiger partial charge >= 0.3 is 0 Å². The van der Waals surface area contributed by atoms with E-state index in [0.29, 0.717) is 5.69 Å². The molecule has 4 rings (SSSR count).